The van der Waals surface area contributed by atoms with Crippen LogP contribution in [0.5, 0.6) is 5.75 Å². The van der Waals surface area contributed by atoms with Crippen molar-refractivity contribution in [2.24, 2.45) is 0 Å². The highest BCUT2D eigenvalue weighted by Crippen LogP contribution is 2.41. The summed E-state index contributed by atoms with van der Waals surface area (Å²) >= 11 is 0. The van der Waals surface area contributed by atoms with Crippen molar-refractivity contribution in [3.05, 3.63) is 65.2 Å². The first kappa shape index (κ1) is 19.3. The van der Waals surface area contributed by atoms with E-state index in [0.29, 0.717) is 24.6 Å². The van der Waals surface area contributed by atoms with Crippen LogP contribution in [0, 0.1) is 18.6 Å². The average Bonchev–Trinajstić information content (AvgIpc) is 3.47. The zero-order valence-electron chi connectivity index (χ0n) is 16.3. The van der Waals surface area contributed by atoms with Crippen LogP contribution in [0.4, 0.5) is 8.78 Å². The van der Waals surface area contributed by atoms with Gasteiger partial charge in [0.2, 0.25) is 0 Å². The van der Waals surface area contributed by atoms with Gasteiger partial charge >= 0.3 is 0 Å². The Bertz CT molecular complexity index is 767. The van der Waals surface area contributed by atoms with E-state index < -0.39 is 11.6 Å². The third kappa shape index (κ3) is 4.70. The van der Waals surface area contributed by atoms with Gasteiger partial charge in [0.05, 0.1) is 0 Å². The number of nitrogens with zero attached hydrogens (tertiary/aromatic N) is 1. The molecule has 0 spiro atoms. The molecule has 4 rings (SSSR count). The lowest BCUT2D eigenvalue weighted by Gasteiger charge is -2.32. The van der Waals surface area contributed by atoms with Crippen LogP contribution >= 0.6 is 0 Å². The van der Waals surface area contributed by atoms with Crippen LogP contribution in [0.2, 0.25) is 0 Å². The van der Waals surface area contributed by atoms with Gasteiger partial charge in [0.1, 0.15) is 24.0 Å². The summed E-state index contributed by atoms with van der Waals surface area (Å²) in [7, 11) is 0. The van der Waals surface area contributed by atoms with Crippen LogP contribution in [-0.4, -0.2) is 43.2 Å². The van der Waals surface area contributed by atoms with Gasteiger partial charge in [0, 0.05) is 42.2 Å². The lowest BCUT2D eigenvalue weighted by molar-refractivity contribution is 0.163. The summed E-state index contributed by atoms with van der Waals surface area (Å²) in [4.78, 5) is 2.36. The predicted molar refractivity (Wildman–Crippen MR) is 107 cm³/mol. The van der Waals surface area contributed by atoms with Gasteiger partial charge in [-0.15, -0.1) is 0 Å². The van der Waals surface area contributed by atoms with Gasteiger partial charge in [-0.3, -0.25) is 4.90 Å². The van der Waals surface area contributed by atoms with Gasteiger partial charge in [-0.05, 0) is 44.8 Å². The molecule has 0 bridgehead atoms. The number of benzene rings is 2. The second-order valence-electron chi connectivity index (χ2n) is 8.00. The van der Waals surface area contributed by atoms with Crippen molar-refractivity contribution in [3.8, 4) is 5.75 Å². The summed E-state index contributed by atoms with van der Waals surface area (Å²) in [5, 5.41) is 3.82. The van der Waals surface area contributed by atoms with E-state index in [4.69, 9.17) is 4.74 Å². The number of rotatable bonds is 7. The number of hydrogen-bond acceptors (Lipinski definition) is 3. The van der Waals surface area contributed by atoms with Crippen LogP contribution in [-0.2, 0) is 0 Å². The van der Waals surface area contributed by atoms with Crippen LogP contribution in [0.1, 0.15) is 36.3 Å². The fourth-order valence-electron chi connectivity index (χ4n) is 4.07. The van der Waals surface area contributed by atoms with Crippen molar-refractivity contribution in [2.45, 2.75) is 44.2 Å². The maximum Gasteiger partial charge on any atom is 0.132 e. The molecule has 1 aliphatic carbocycles. The first-order chi connectivity index (χ1) is 13.6. The van der Waals surface area contributed by atoms with E-state index in [1.165, 1.54) is 31.0 Å². The fourth-order valence-corrected chi connectivity index (χ4v) is 4.07. The van der Waals surface area contributed by atoms with Crippen molar-refractivity contribution in [1.82, 2.24) is 10.2 Å². The van der Waals surface area contributed by atoms with E-state index in [0.717, 1.165) is 32.5 Å². The van der Waals surface area contributed by atoms with Crippen LogP contribution in [0.15, 0.2) is 42.5 Å². The molecule has 0 aromatic heterocycles. The Morgan fingerprint density at radius 2 is 1.75 bits per heavy atom. The topological polar surface area (TPSA) is 24.5 Å². The smallest absolute Gasteiger partial charge is 0.132 e. The van der Waals surface area contributed by atoms with Crippen LogP contribution in [0.25, 0.3) is 0 Å². The van der Waals surface area contributed by atoms with Gasteiger partial charge in [0.15, 0.2) is 0 Å². The van der Waals surface area contributed by atoms with E-state index in [9.17, 15) is 8.78 Å². The summed E-state index contributed by atoms with van der Waals surface area (Å²) in [6.45, 7) is 4.70. The summed E-state index contributed by atoms with van der Waals surface area (Å²) in [5.41, 5.74) is 1.48. The average molecular weight is 386 g/mol. The summed E-state index contributed by atoms with van der Waals surface area (Å²) in [6, 6.07) is 14.5. The Labute approximate surface area is 165 Å². The van der Waals surface area contributed by atoms with Crippen molar-refractivity contribution in [3.63, 3.8) is 0 Å². The maximum atomic E-state index is 13.6. The largest absolute Gasteiger partial charge is 0.492 e. The highest BCUT2D eigenvalue weighted by atomic mass is 19.1. The highest BCUT2D eigenvalue weighted by molar-refractivity contribution is 5.30. The fraction of sp³-hybridized carbons (Fsp3) is 0.478. The second-order valence-corrected chi connectivity index (χ2v) is 8.00. The van der Waals surface area contributed by atoms with E-state index in [2.05, 4.69) is 40.5 Å². The van der Waals surface area contributed by atoms with E-state index in [1.807, 2.05) is 0 Å². The molecule has 1 saturated carbocycles. The minimum Gasteiger partial charge on any atom is -0.492 e. The van der Waals surface area contributed by atoms with Gasteiger partial charge in [0.25, 0.3) is 0 Å². The Morgan fingerprint density at radius 1 is 1.07 bits per heavy atom. The molecular formula is C23H28F2N2O. The molecular weight excluding hydrogens is 358 g/mol. The molecule has 2 atom stereocenters. The molecule has 5 heteroatoms. The third-order valence-electron chi connectivity index (χ3n) is 5.99. The minimum absolute atomic E-state index is 0.0343. The highest BCUT2D eigenvalue weighted by Gasteiger charge is 2.39. The molecule has 1 N–H and O–H groups in total. The Morgan fingerprint density at radius 3 is 2.43 bits per heavy atom. The molecule has 3 nitrogen and oxygen atoms in total. The third-order valence-corrected chi connectivity index (χ3v) is 5.99. The number of hydrogen-bond donors (Lipinski definition) is 1. The van der Waals surface area contributed by atoms with E-state index in [1.54, 1.807) is 0 Å². The molecule has 0 amide bonds. The van der Waals surface area contributed by atoms with Gasteiger partial charge in [-0.1, -0.05) is 30.3 Å². The van der Waals surface area contributed by atoms with Gasteiger partial charge in [-0.25, -0.2) is 8.78 Å². The number of ether oxygens (including phenoxy) is 1. The van der Waals surface area contributed by atoms with Gasteiger partial charge < -0.3 is 10.1 Å². The molecule has 2 aromatic carbocycles. The van der Waals surface area contributed by atoms with Crippen molar-refractivity contribution < 1.29 is 13.5 Å². The van der Waals surface area contributed by atoms with E-state index >= 15 is 0 Å². The zero-order chi connectivity index (χ0) is 19.5. The SMILES string of the molecule is Cc1c(F)cc(OCCN2CCC(N[C@@H]3CC3c3ccccc3)CC2)cc1F. The molecule has 2 aromatic rings. The normalized spacial score (nSPS) is 23.0. The van der Waals surface area contributed by atoms with Gasteiger partial charge in [-0.2, -0.15) is 0 Å². The molecule has 1 heterocycles. The molecule has 0 radical (unpaired) electrons. The summed E-state index contributed by atoms with van der Waals surface area (Å²) < 4.78 is 32.7. The van der Waals surface area contributed by atoms with Crippen LogP contribution in [0.3, 0.4) is 0 Å². The van der Waals surface area contributed by atoms with E-state index in [-0.39, 0.29) is 11.3 Å². The maximum absolute atomic E-state index is 13.6. The van der Waals surface area contributed by atoms with Crippen molar-refractivity contribution in [1.29, 1.82) is 0 Å². The molecule has 1 unspecified atom stereocenters. The Kier molecular flexibility index (Phi) is 5.93. The standard InChI is InChI=1S/C23H28F2N2O/c1-16-21(24)13-19(14-22(16)25)28-12-11-27-9-7-18(8-10-27)26-23-15-20(23)17-5-3-2-4-6-17/h2-6,13-14,18,20,23,26H,7-12,15H2,1H3/t20?,23-/m1/s1. The Hall–Kier alpha value is -1.98. The predicted octanol–water partition coefficient (Wildman–Crippen LogP) is 4.26. The molecule has 150 valence electrons. The lowest BCUT2D eigenvalue weighted by atomic mass is 10.0. The summed E-state index contributed by atoms with van der Waals surface area (Å²) in [5.74, 6) is -0.188. The molecule has 2 fully saturated rings. The molecule has 1 saturated heterocycles. The molecule has 2 aliphatic rings. The number of piperidine rings is 1. The summed E-state index contributed by atoms with van der Waals surface area (Å²) in [6.07, 6.45) is 3.50. The monoisotopic (exact) mass is 386 g/mol. The molecule has 28 heavy (non-hydrogen) atoms. The number of nitrogens with one attached hydrogen (secondary N) is 1. The first-order valence-corrected chi connectivity index (χ1v) is 10.2. The second kappa shape index (κ2) is 8.58. The Balaban J connectivity index is 1.15. The number of halogens is 2. The minimum atomic E-state index is -0.559. The number of likely N-dealkylation sites (tertiary alicyclic amines) is 1. The molecule has 1 aliphatic heterocycles. The lowest BCUT2D eigenvalue weighted by Crippen LogP contribution is -2.44. The quantitative estimate of drug-likeness (QED) is 0.769. The van der Waals surface area contributed by atoms with Crippen LogP contribution < -0.4 is 10.1 Å². The van der Waals surface area contributed by atoms with Crippen molar-refractivity contribution in [2.75, 3.05) is 26.2 Å². The first-order valence-electron chi connectivity index (χ1n) is 10.2. The zero-order valence-corrected chi connectivity index (χ0v) is 16.3. The van der Waals surface area contributed by atoms with Crippen molar-refractivity contribution >= 4 is 0 Å².